The fourth-order valence-corrected chi connectivity index (χ4v) is 2.78. The van der Waals surface area contributed by atoms with Gasteiger partial charge in [-0.2, -0.15) is 4.98 Å². The average Bonchev–Trinajstić information content (AvgIpc) is 2.89. The van der Waals surface area contributed by atoms with E-state index in [4.69, 9.17) is 10.3 Å². The Kier molecular flexibility index (Phi) is 5.34. The Bertz CT molecular complexity index is 375. The molecule has 0 spiro atoms. The molecule has 0 saturated heterocycles. The fourth-order valence-electron chi connectivity index (χ4n) is 2.78. The Morgan fingerprint density at radius 2 is 2.11 bits per heavy atom. The summed E-state index contributed by atoms with van der Waals surface area (Å²) in [5, 5.41) is 4.10. The van der Waals surface area contributed by atoms with Crippen LogP contribution in [0, 0.1) is 0 Å². The molecule has 5 heteroatoms. The SMILES string of the molecule is CCN(CC)CCc1noc(C2CCCC(N)C2)n1. The van der Waals surface area contributed by atoms with Gasteiger partial charge in [0, 0.05) is 24.9 Å². The van der Waals surface area contributed by atoms with E-state index >= 15 is 0 Å². The summed E-state index contributed by atoms with van der Waals surface area (Å²) in [5.74, 6) is 2.00. The highest BCUT2D eigenvalue weighted by atomic mass is 16.5. The summed E-state index contributed by atoms with van der Waals surface area (Å²) >= 11 is 0. The summed E-state index contributed by atoms with van der Waals surface area (Å²) in [5.41, 5.74) is 6.01. The van der Waals surface area contributed by atoms with Gasteiger partial charge >= 0.3 is 0 Å². The predicted molar refractivity (Wildman–Crippen MR) is 75.0 cm³/mol. The number of aromatic nitrogens is 2. The van der Waals surface area contributed by atoms with Crippen molar-refractivity contribution in [2.45, 2.75) is 57.9 Å². The molecule has 1 aliphatic rings. The van der Waals surface area contributed by atoms with Crippen LogP contribution in [0.5, 0.6) is 0 Å². The lowest BCUT2D eigenvalue weighted by molar-refractivity contribution is 0.292. The van der Waals surface area contributed by atoms with Crippen LogP contribution in [0.1, 0.15) is 57.2 Å². The van der Waals surface area contributed by atoms with Crippen molar-refractivity contribution in [3.8, 4) is 0 Å². The van der Waals surface area contributed by atoms with Gasteiger partial charge < -0.3 is 15.2 Å². The van der Waals surface area contributed by atoms with Gasteiger partial charge in [-0.3, -0.25) is 0 Å². The summed E-state index contributed by atoms with van der Waals surface area (Å²) in [7, 11) is 0. The Morgan fingerprint density at radius 1 is 1.32 bits per heavy atom. The van der Waals surface area contributed by atoms with Crippen molar-refractivity contribution in [1.82, 2.24) is 15.0 Å². The van der Waals surface area contributed by atoms with Crippen LogP contribution >= 0.6 is 0 Å². The first-order valence-electron chi connectivity index (χ1n) is 7.53. The van der Waals surface area contributed by atoms with E-state index in [0.29, 0.717) is 12.0 Å². The summed E-state index contributed by atoms with van der Waals surface area (Å²) < 4.78 is 5.42. The lowest BCUT2D eigenvalue weighted by Crippen LogP contribution is -2.27. The minimum Gasteiger partial charge on any atom is -0.339 e. The van der Waals surface area contributed by atoms with Crippen LogP contribution in [-0.2, 0) is 6.42 Å². The molecular weight excluding hydrogens is 240 g/mol. The first-order chi connectivity index (χ1) is 9.22. The van der Waals surface area contributed by atoms with Crippen LogP contribution in [0.25, 0.3) is 0 Å². The van der Waals surface area contributed by atoms with Gasteiger partial charge in [-0.05, 0) is 32.4 Å². The van der Waals surface area contributed by atoms with Crippen molar-refractivity contribution in [1.29, 1.82) is 0 Å². The third-order valence-corrected chi connectivity index (χ3v) is 4.09. The summed E-state index contributed by atoms with van der Waals surface area (Å²) in [6.45, 7) is 7.48. The maximum atomic E-state index is 6.01. The van der Waals surface area contributed by atoms with E-state index in [1.807, 2.05) is 0 Å². The van der Waals surface area contributed by atoms with Crippen LogP contribution in [0.4, 0.5) is 0 Å². The molecule has 1 aromatic heterocycles. The van der Waals surface area contributed by atoms with Crippen LogP contribution in [0.3, 0.4) is 0 Å². The number of hydrogen-bond acceptors (Lipinski definition) is 5. The second-order valence-electron chi connectivity index (χ2n) is 5.45. The summed E-state index contributed by atoms with van der Waals surface area (Å²) in [4.78, 5) is 6.92. The van der Waals surface area contributed by atoms with Gasteiger partial charge in [0.15, 0.2) is 5.82 Å². The molecule has 1 fully saturated rings. The standard InChI is InChI=1S/C14H26N4O/c1-3-18(4-2)9-8-13-16-14(19-17-13)11-6-5-7-12(15)10-11/h11-12H,3-10,15H2,1-2H3. The molecular formula is C14H26N4O. The molecule has 0 amide bonds. The van der Waals surface area contributed by atoms with Crippen molar-refractivity contribution >= 4 is 0 Å². The second kappa shape index (κ2) is 7.01. The molecule has 2 unspecified atom stereocenters. The molecule has 19 heavy (non-hydrogen) atoms. The third kappa shape index (κ3) is 4.01. The molecule has 0 bridgehead atoms. The number of nitrogens with two attached hydrogens (primary N) is 1. The van der Waals surface area contributed by atoms with E-state index in [1.165, 1.54) is 6.42 Å². The Balaban J connectivity index is 1.87. The fraction of sp³-hybridized carbons (Fsp3) is 0.857. The van der Waals surface area contributed by atoms with Crippen molar-refractivity contribution in [3.05, 3.63) is 11.7 Å². The Morgan fingerprint density at radius 3 is 2.79 bits per heavy atom. The molecule has 108 valence electrons. The molecule has 2 rings (SSSR count). The lowest BCUT2D eigenvalue weighted by atomic mass is 9.86. The molecule has 1 saturated carbocycles. The largest absolute Gasteiger partial charge is 0.339 e. The number of hydrogen-bond donors (Lipinski definition) is 1. The van der Waals surface area contributed by atoms with Crippen molar-refractivity contribution in [2.24, 2.45) is 5.73 Å². The zero-order chi connectivity index (χ0) is 13.7. The number of rotatable bonds is 6. The van der Waals surface area contributed by atoms with E-state index in [-0.39, 0.29) is 0 Å². The van der Waals surface area contributed by atoms with E-state index < -0.39 is 0 Å². The maximum Gasteiger partial charge on any atom is 0.229 e. The zero-order valence-corrected chi connectivity index (χ0v) is 12.1. The Hall–Kier alpha value is -0.940. The second-order valence-corrected chi connectivity index (χ2v) is 5.45. The molecule has 0 aliphatic heterocycles. The maximum absolute atomic E-state index is 6.01. The minimum atomic E-state index is 0.296. The van der Waals surface area contributed by atoms with Crippen molar-refractivity contribution in [2.75, 3.05) is 19.6 Å². The smallest absolute Gasteiger partial charge is 0.229 e. The van der Waals surface area contributed by atoms with Gasteiger partial charge in [0.1, 0.15) is 0 Å². The van der Waals surface area contributed by atoms with E-state index in [1.54, 1.807) is 0 Å². The first kappa shape index (κ1) is 14.5. The molecule has 5 nitrogen and oxygen atoms in total. The van der Waals surface area contributed by atoms with E-state index in [0.717, 1.165) is 57.0 Å². The number of likely N-dealkylation sites (N-methyl/N-ethyl adjacent to an activating group) is 1. The summed E-state index contributed by atoms with van der Waals surface area (Å²) in [6.07, 6.45) is 5.27. The van der Waals surface area contributed by atoms with E-state index in [9.17, 15) is 0 Å². The minimum absolute atomic E-state index is 0.296. The average molecular weight is 266 g/mol. The molecule has 1 heterocycles. The molecule has 2 N–H and O–H groups in total. The van der Waals surface area contributed by atoms with Crippen molar-refractivity contribution < 1.29 is 4.52 Å². The van der Waals surface area contributed by atoms with Gasteiger partial charge in [-0.25, -0.2) is 0 Å². The zero-order valence-electron chi connectivity index (χ0n) is 12.1. The highest BCUT2D eigenvalue weighted by Crippen LogP contribution is 2.30. The van der Waals surface area contributed by atoms with Crippen LogP contribution < -0.4 is 5.73 Å². The predicted octanol–water partition coefficient (Wildman–Crippen LogP) is 1.94. The molecule has 0 aromatic carbocycles. The van der Waals surface area contributed by atoms with Crippen LogP contribution in [0.15, 0.2) is 4.52 Å². The van der Waals surface area contributed by atoms with Gasteiger partial charge in [-0.1, -0.05) is 25.4 Å². The highest BCUT2D eigenvalue weighted by Gasteiger charge is 2.25. The van der Waals surface area contributed by atoms with Gasteiger partial charge in [0.25, 0.3) is 0 Å². The normalized spacial score (nSPS) is 24.0. The highest BCUT2D eigenvalue weighted by molar-refractivity contribution is 4.97. The first-order valence-corrected chi connectivity index (χ1v) is 7.53. The lowest BCUT2D eigenvalue weighted by Gasteiger charge is -2.23. The molecule has 1 aromatic rings. The topological polar surface area (TPSA) is 68.2 Å². The van der Waals surface area contributed by atoms with Gasteiger partial charge in [-0.15, -0.1) is 0 Å². The molecule has 2 atom stereocenters. The van der Waals surface area contributed by atoms with E-state index in [2.05, 4.69) is 28.9 Å². The van der Waals surface area contributed by atoms with Crippen LogP contribution in [-0.4, -0.2) is 40.7 Å². The van der Waals surface area contributed by atoms with Gasteiger partial charge in [0.2, 0.25) is 5.89 Å². The van der Waals surface area contributed by atoms with Crippen LogP contribution in [0.2, 0.25) is 0 Å². The summed E-state index contributed by atoms with van der Waals surface area (Å²) in [6, 6.07) is 0.296. The van der Waals surface area contributed by atoms with Gasteiger partial charge in [0.05, 0.1) is 0 Å². The number of nitrogens with zero attached hydrogens (tertiary/aromatic N) is 3. The molecule has 0 radical (unpaired) electrons. The third-order valence-electron chi connectivity index (χ3n) is 4.09. The molecule has 1 aliphatic carbocycles. The van der Waals surface area contributed by atoms with Crippen molar-refractivity contribution in [3.63, 3.8) is 0 Å². The monoisotopic (exact) mass is 266 g/mol. The quantitative estimate of drug-likeness (QED) is 0.852. The Labute approximate surface area is 115 Å².